The van der Waals surface area contributed by atoms with Gasteiger partial charge in [-0.15, -0.1) is 0 Å². The van der Waals surface area contributed by atoms with Crippen LogP contribution in [0.4, 0.5) is 13.2 Å². The molecule has 6 N–H and O–H groups in total. The number of alkyl halides is 3. The fourth-order valence-corrected chi connectivity index (χ4v) is 3.49. The Kier molecular flexibility index (Phi) is 4.78. The van der Waals surface area contributed by atoms with E-state index in [9.17, 15) is 32.2 Å². The molecule has 4 atom stereocenters. The van der Waals surface area contributed by atoms with E-state index < -0.39 is 61.4 Å². The number of phosphoric ester groups is 1. The highest BCUT2D eigenvalue weighted by atomic mass is 31.2. The lowest BCUT2D eigenvalue weighted by molar-refractivity contribution is -0.243. The second-order valence-electron chi connectivity index (χ2n) is 4.98. The quantitative estimate of drug-likeness (QED) is 0.587. The Morgan fingerprint density at radius 1 is 1.21 bits per heavy atom. The second-order valence-corrected chi connectivity index (χ2v) is 6.34. The van der Waals surface area contributed by atoms with Gasteiger partial charge in [-0.05, 0) is 0 Å². The molecule has 3 unspecified atom stereocenters. The van der Waals surface area contributed by atoms with Gasteiger partial charge in [0.2, 0.25) is 0 Å². The molecular formula is C10H13F3N3O7P. The van der Waals surface area contributed by atoms with Crippen molar-refractivity contribution in [3.8, 4) is 0 Å². The molecule has 0 radical (unpaired) electrons. The predicted octanol–water partition coefficient (Wildman–Crippen LogP) is 0.172. The van der Waals surface area contributed by atoms with E-state index in [2.05, 4.69) is 9.05 Å². The summed E-state index contributed by atoms with van der Waals surface area (Å²) >= 11 is 0. The fourth-order valence-electron chi connectivity index (χ4n) is 2.55. The maximum atomic E-state index is 13.0. The molecule has 2 saturated heterocycles. The molecule has 0 saturated carbocycles. The van der Waals surface area contributed by atoms with Crippen molar-refractivity contribution in [1.29, 1.82) is 0 Å². The van der Waals surface area contributed by atoms with Crippen molar-refractivity contribution in [3.63, 3.8) is 0 Å². The van der Waals surface area contributed by atoms with Gasteiger partial charge in [0.1, 0.15) is 17.8 Å². The zero-order valence-electron chi connectivity index (χ0n) is 12.1. The highest BCUT2D eigenvalue weighted by Crippen LogP contribution is 2.50. The third-order valence-electron chi connectivity index (χ3n) is 3.44. The van der Waals surface area contributed by atoms with E-state index in [0.29, 0.717) is 0 Å². The van der Waals surface area contributed by atoms with Crippen LogP contribution in [-0.2, 0) is 24.5 Å². The molecule has 14 heteroatoms. The lowest BCUT2D eigenvalue weighted by atomic mass is 10.1. The Bertz CT molecular complexity index is 791. The van der Waals surface area contributed by atoms with Crippen LogP contribution in [-0.4, -0.2) is 28.8 Å². The van der Waals surface area contributed by atoms with Gasteiger partial charge in [0.05, 0.1) is 18.4 Å². The Labute approximate surface area is 131 Å². The third kappa shape index (κ3) is 3.45. The van der Waals surface area contributed by atoms with Crippen molar-refractivity contribution in [1.82, 2.24) is 16.1 Å². The van der Waals surface area contributed by atoms with Crippen LogP contribution in [0.25, 0.3) is 0 Å². The number of quaternary nitrogens is 1. The number of H-pyrrole nitrogens is 2. The smallest absolute Gasteiger partial charge is 0.423 e. The first-order valence-electron chi connectivity index (χ1n) is 6.30. The van der Waals surface area contributed by atoms with Gasteiger partial charge in [-0.2, -0.15) is 13.2 Å². The van der Waals surface area contributed by atoms with Crippen LogP contribution in [0, 0.1) is 0 Å². The number of rotatable bonds is 1. The molecule has 0 aliphatic carbocycles. The average molecular weight is 375 g/mol. The molecule has 3 rings (SSSR count). The van der Waals surface area contributed by atoms with Gasteiger partial charge in [0, 0.05) is 6.42 Å². The number of fused-ring (bicyclic) bond motifs is 1. The summed E-state index contributed by atoms with van der Waals surface area (Å²) in [5.74, 6) is 0. The Morgan fingerprint density at radius 2 is 1.88 bits per heavy atom. The molecule has 2 fully saturated rings. The maximum Gasteiger partial charge on any atom is 0.423 e. The van der Waals surface area contributed by atoms with Gasteiger partial charge in [-0.1, -0.05) is 0 Å². The molecule has 1 aromatic heterocycles. The minimum Gasteiger partial charge on any atom is -0.756 e. The summed E-state index contributed by atoms with van der Waals surface area (Å²) in [5.41, 5.74) is -5.12. The Balaban J connectivity index is 0.00000208. The minimum absolute atomic E-state index is 0. The van der Waals surface area contributed by atoms with E-state index in [-0.39, 0.29) is 12.6 Å². The van der Waals surface area contributed by atoms with E-state index >= 15 is 0 Å². The largest absolute Gasteiger partial charge is 0.756 e. The molecule has 1 aromatic rings. The zero-order chi connectivity index (χ0) is 17.0. The normalized spacial score (nSPS) is 32.9. The monoisotopic (exact) mass is 375 g/mol. The molecule has 0 spiro atoms. The number of phosphoric acid groups is 1. The van der Waals surface area contributed by atoms with Gasteiger partial charge in [0.25, 0.3) is 13.4 Å². The number of hydrogen-bond acceptors (Lipinski definition) is 7. The Hall–Kier alpha value is -1.50. The highest BCUT2D eigenvalue weighted by Gasteiger charge is 2.47. The topological polar surface area (TPSA) is 170 Å². The van der Waals surface area contributed by atoms with Crippen molar-refractivity contribution in [2.75, 3.05) is 6.61 Å². The predicted molar refractivity (Wildman–Crippen MR) is 69.3 cm³/mol. The first kappa shape index (κ1) is 18.8. The molecular weight excluding hydrogens is 362 g/mol. The molecule has 0 amide bonds. The average Bonchev–Trinajstić information content (AvgIpc) is 2.77. The number of halogens is 3. The van der Waals surface area contributed by atoms with Crippen LogP contribution in [0.2, 0.25) is 0 Å². The van der Waals surface area contributed by atoms with Gasteiger partial charge in [0.15, 0.2) is 0 Å². The number of aromatic nitrogens is 2. The maximum absolute atomic E-state index is 13.0. The van der Waals surface area contributed by atoms with Crippen LogP contribution in [0.3, 0.4) is 0 Å². The van der Waals surface area contributed by atoms with Crippen molar-refractivity contribution < 1.29 is 36.4 Å². The van der Waals surface area contributed by atoms with Crippen molar-refractivity contribution in [2.24, 2.45) is 0 Å². The Morgan fingerprint density at radius 3 is 2.50 bits per heavy atom. The van der Waals surface area contributed by atoms with Gasteiger partial charge in [-0.3, -0.25) is 14.3 Å². The molecule has 3 heterocycles. The third-order valence-corrected chi connectivity index (χ3v) is 4.43. The van der Waals surface area contributed by atoms with Crippen molar-refractivity contribution >= 4 is 7.82 Å². The fraction of sp³-hybridized carbons (Fsp3) is 0.600. The summed E-state index contributed by atoms with van der Waals surface area (Å²) in [6.07, 6.45) is -8.67. The van der Waals surface area contributed by atoms with Gasteiger partial charge >= 0.3 is 11.9 Å². The lowest BCUT2D eigenvalue weighted by Gasteiger charge is -2.33. The van der Waals surface area contributed by atoms with Gasteiger partial charge < -0.3 is 29.8 Å². The van der Waals surface area contributed by atoms with E-state index in [1.54, 1.807) is 0 Å². The van der Waals surface area contributed by atoms with E-state index in [1.807, 2.05) is 4.98 Å². The van der Waals surface area contributed by atoms with Crippen molar-refractivity contribution in [2.45, 2.75) is 30.9 Å². The summed E-state index contributed by atoms with van der Waals surface area (Å²) in [6, 6.07) is 0. The summed E-state index contributed by atoms with van der Waals surface area (Å²) in [7, 11) is -4.53. The van der Waals surface area contributed by atoms with Crippen LogP contribution < -0.4 is 22.3 Å². The molecule has 136 valence electrons. The van der Waals surface area contributed by atoms with Crippen LogP contribution in [0.1, 0.15) is 23.8 Å². The minimum atomic E-state index is -5.03. The molecule has 2 aliphatic rings. The van der Waals surface area contributed by atoms with E-state index in [0.717, 1.165) is 0 Å². The van der Waals surface area contributed by atoms with Crippen LogP contribution in [0.15, 0.2) is 9.59 Å². The number of aromatic amines is 2. The van der Waals surface area contributed by atoms with Crippen LogP contribution >= 0.6 is 7.82 Å². The molecule has 2 aliphatic heterocycles. The van der Waals surface area contributed by atoms with Crippen LogP contribution in [0.5, 0.6) is 0 Å². The summed E-state index contributed by atoms with van der Waals surface area (Å²) in [6.45, 7) is -0.420. The number of ether oxygens (including phenoxy) is 1. The first-order valence-corrected chi connectivity index (χ1v) is 7.76. The SMILES string of the molecule is O=c1[nH]c([C@H]2CC3OP(=O)([O-])OCC3O2)c(C(F)(F)F)c(=O)[nH]1.[NH4+]. The standard InChI is InChI=1S/C10H10F3N2O7P.H3N/c11-10(12,13)6-7(14-9(17)15-8(6)16)4-1-3-5(21-4)2-20-23(18,19)22-3;/h3-5H,1-2H2,(H,18,19)(H2,14,15,16,17);1H3/t3?,4-,5?;/m1./s1. The molecule has 24 heavy (non-hydrogen) atoms. The highest BCUT2D eigenvalue weighted by molar-refractivity contribution is 7.45. The number of hydrogen-bond donors (Lipinski definition) is 3. The summed E-state index contributed by atoms with van der Waals surface area (Å²) < 4.78 is 64.6. The first-order chi connectivity index (χ1) is 10.6. The molecule has 0 aromatic carbocycles. The van der Waals surface area contributed by atoms with E-state index in [4.69, 9.17) is 4.74 Å². The number of nitrogens with one attached hydrogen (secondary N) is 2. The van der Waals surface area contributed by atoms with Gasteiger partial charge in [-0.25, -0.2) is 4.79 Å². The lowest BCUT2D eigenvalue weighted by Crippen LogP contribution is -2.35. The molecule has 10 nitrogen and oxygen atoms in total. The van der Waals surface area contributed by atoms with E-state index in [1.165, 1.54) is 4.98 Å². The summed E-state index contributed by atoms with van der Waals surface area (Å²) in [4.78, 5) is 37.4. The zero-order valence-corrected chi connectivity index (χ0v) is 13.0. The summed E-state index contributed by atoms with van der Waals surface area (Å²) in [5, 5.41) is 0. The second kappa shape index (κ2) is 6.10. The molecule has 0 bridgehead atoms. The van der Waals surface area contributed by atoms with Crippen molar-refractivity contribution in [3.05, 3.63) is 32.1 Å².